The number of aliphatic hydroxyl groups excluding tert-OH is 2. The Morgan fingerprint density at radius 2 is 0.873 bits per heavy atom. The van der Waals surface area contributed by atoms with E-state index in [1.807, 2.05) is 0 Å². The third-order valence-electron chi connectivity index (χ3n) is 11.3. The first-order valence-corrected chi connectivity index (χ1v) is 24.4. The molecule has 0 heterocycles. The summed E-state index contributed by atoms with van der Waals surface area (Å²) >= 11 is 0. The summed E-state index contributed by atoms with van der Waals surface area (Å²) in [6.07, 6.45) is 47.0. The van der Waals surface area contributed by atoms with Gasteiger partial charge in [-0.15, -0.1) is 0 Å². The maximum absolute atomic E-state index is 13.1. The molecule has 0 aliphatic heterocycles. The predicted octanol–water partition coefficient (Wildman–Crippen LogP) is 14.2. The number of carbonyl (C=O) groups excluding carboxylic acids is 2. The van der Waals surface area contributed by atoms with E-state index in [4.69, 9.17) is 4.74 Å². The van der Waals surface area contributed by atoms with Crippen LogP contribution in [0.15, 0.2) is 12.2 Å². The number of hydrogen-bond acceptors (Lipinski definition) is 5. The van der Waals surface area contributed by atoms with Crippen LogP contribution in [-0.2, 0) is 14.3 Å². The van der Waals surface area contributed by atoms with Gasteiger partial charge in [-0.05, 0) is 51.4 Å². The van der Waals surface area contributed by atoms with Crippen molar-refractivity contribution in [1.29, 1.82) is 0 Å². The zero-order valence-electron chi connectivity index (χ0n) is 37.1. The Morgan fingerprint density at radius 3 is 1.29 bits per heavy atom. The lowest BCUT2D eigenvalue weighted by molar-refractivity contribution is -0.151. The third kappa shape index (κ3) is 39.2. The molecule has 0 radical (unpaired) electrons. The quantitative estimate of drug-likeness (QED) is 0.0325. The molecule has 0 bridgehead atoms. The molecule has 0 aliphatic rings. The van der Waals surface area contributed by atoms with Gasteiger partial charge in [0.05, 0.1) is 25.2 Å². The summed E-state index contributed by atoms with van der Waals surface area (Å²) in [5.74, 6) is -0.482. The maximum Gasteiger partial charge on any atom is 0.306 e. The lowest BCUT2D eigenvalue weighted by Crippen LogP contribution is -2.46. The summed E-state index contributed by atoms with van der Waals surface area (Å²) in [6.45, 7) is 6.47. The molecule has 0 saturated heterocycles. The first-order valence-electron chi connectivity index (χ1n) is 24.4. The van der Waals surface area contributed by atoms with Crippen molar-refractivity contribution in [2.75, 3.05) is 6.61 Å². The second-order valence-electron chi connectivity index (χ2n) is 16.9. The smallest absolute Gasteiger partial charge is 0.306 e. The SMILES string of the molecule is CCCCCCCCC/C=C\CCCCCC(=O)OC(CCCCCCCCCCC)CC(=O)NC(CO)C(O)CCCCCCCCCCCCCCC. The highest BCUT2D eigenvalue weighted by Gasteiger charge is 2.24. The Hall–Kier alpha value is -1.40. The molecule has 326 valence electrons. The van der Waals surface area contributed by atoms with Crippen molar-refractivity contribution in [3.63, 3.8) is 0 Å². The van der Waals surface area contributed by atoms with Crippen LogP contribution in [0.4, 0.5) is 0 Å². The molecule has 3 atom stereocenters. The van der Waals surface area contributed by atoms with Gasteiger partial charge in [0.1, 0.15) is 6.10 Å². The van der Waals surface area contributed by atoms with Crippen LogP contribution in [0.25, 0.3) is 0 Å². The number of esters is 1. The van der Waals surface area contributed by atoms with Crippen molar-refractivity contribution in [1.82, 2.24) is 5.32 Å². The van der Waals surface area contributed by atoms with Gasteiger partial charge in [-0.1, -0.05) is 213 Å². The zero-order chi connectivity index (χ0) is 40.3. The second-order valence-corrected chi connectivity index (χ2v) is 16.9. The Bertz CT molecular complexity index is 832. The Kier molecular flexibility index (Phi) is 42.6. The molecule has 3 N–H and O–H groups in total. The molecule has 6 nitrogen and oxygen atoms in total. The van der Waals surface area contributed by atoms with Gasteiger partial charge in [-0.2, -0.15) is 0 Å². The number of rotatable bonds is 44. The van der Waals surface area contributed by atoms with Crippen LogP contribution in [0, 0.1) is 0 Å². The summed E-state index contributed by atoms with van der Waals surface area (Å²) < 4.78 is 5.90. The molecule has 3 unspecified atom stereocenters. The lowest BCUT2D eigenvalue weighted by atomic mass is 10.0. The molecule has 0 fully saturated rings. The van der Waals surface area contributed by atoms with E-state index in [0.29, 0.717) is 19.3 Å². The highest BCUT2D eigenvalue weighted by molar-refractivity contribution is 5.77. The van der Waals surface area contributed by atoms with Crippen molar-refractivity contribution in [2.24, 2.45) is 0 Å². The molecule has 55 heavy (non-hydrogen) atoms. The van der Waals surface area contributed by atoms with Gasteiger partial charge in [0.25, 0.3) is 0 Å². The summed E-state index contributed by atoms with van der Waals surface area (Å²) in [4.78, 5) is 26.0. The number of allylic oxidation sites excluding steroid dienone is 2. The Balaban J connectivity index is 4.48. The van der Waals surface area contributed by atoms with Crippen LogP contribution < -0.4 is 5.32 Å². The van der Waals surface area contributed by atoms with E-state index in [1.54, 1.807) is 0 Å². The van der Waals surface area contributed by atoms with Crippen LogP contribution in [0.3, 0.4) is 0 Å². The van der Waals surface area contributed by atoms with Crippen molar-refractivity contribution in [3.8, 4) is 0 Å². The second kappa shape index (κ2) is 43.7. The van der Waals surface area contributed by atoms with E-state index in [0.717, 1.165) is 51.4 Å². The van der Waals surface area contributed by atoms with Crippen LogP contribution in [0.5, 0.6) is 0 Å². The largest absolute Gasteiger partial charge is 0.462 e. The Morgan fingerprint density at radius 1 is 0.509 bits per heavy atom. The Labute approximate surface area is 342 Å². The zero-order valence-corrected chi connectivity index (χ0v) is 37.1. The minimum atomic E-state index is -0.782. The predicted molar refractivity (Wildman–Crippen MR) is 237 cm³/mol. The summed E-state index contributed by atoms with van der Waals surface area (Å²) in [6, 6.07) is -0.696. The van der Waals surface area contributed by atoms with E-state index in [9.17, 15) is 19.8 Å². The highest BCUT2D eigenvalue weighted by atomic mass is 16.5. The number of unbranched alkanes of at least 4 members (excludes halogenated alkanes) is 30. The molecule has 0 saturated carbocycles. The van der Waals surface area contributed by atoms with E-state index < -0.39 is 18.2 Å². The highest BCUT2D eigenvalue weighted by Crippen LogP contribution is 2.18. The summed E-state index contributed by atoms with van der Waals surface area (Å²) in [5, 5.41) is 23.7. The van der Waals surface area contributed by atoms with E-state index in [1.165, 1.54) is 167 Å². The van der Waals surface area contributed by atoms with Gasteiger partial charge >= 0.3 is 5.97 Å². The van der Waals surface area contributed by atoms with Crippen molar-refractivity contribution < 1.29 is 24.5 Å². The van der Waals surface area contributed by atoms with E-state index in [-0.39, 0.29) is 24.9 Å². The third-order valence-corrected chi connectivity index (χ3v) is 11.3. The number of carbonyl (C=O) groups is 2. The van der Waals surface area contributed by atoms with Crippen molar-refractivity contribution in [2.45, 2.75) is 283 Å². The van der Waals surface area contributed by atoms with E-state index >= 15 is 0 Å². The molecule has 1 amide bonds. The molecule has 0 rings (SSSR count). The topological polar surface area (TPSA) is 95.9 Å². The number of ether oxygens (including phenoxy) is 1. The van der Waals surface area contributed by atoms with Gasteiger partial charge in [-0.3, -0.25) is 9.59 Å². The number of aliphatic hydroxyl groups is 2. The van der Waals surface area contributed by atoms with Gasteiger partial charge in [0.15, 0.2) is 0 Å². The minimum absolute atomic E-state index is 0.0776. The maximum atomic E-state index is 13.1. The van der Waals surface area contributed by atoms with Gasteiger partial charge in [0.2, 0.25) is 5.91 Å². The first kappa shape index (κ1) is 53.6. The number of nitrogens with one attached hydrogen (secondary N) is 1. The van der Waals surface area contributed by atoms with E-state index in [2.05, 4.69) is 38.2 Å². The van der Waals surface area contributed by atoms with Crippen LogP contribution in [0.2, 0.25) is 0 Å². The number of hydrogen-bond donors (Lipinski definition) is 3. The number of amides is 1. The van der Waals surface area contributed by atoms with Gasteiger partial charge in [0, 0.05) is 6.42 Å². The van der Waals surface area contributed by atoms with Crippen LogP contribution in [0.1, 0.15) is 265 Å². The molecular weight excluding hydrogens is 683 g/mol. The molecule has 0 aromatic rings. The molecule has 0 aliphatic carbocycles. The fourth-order valence-electron chi connectivity index (χ4n) is 7.60. The fraction of sp³-hybridized carbons (Fsp3) is 0.918. The van der Waals surface area contributed by atoms with Crippen molar-refractivity contribution in [3.05, 3.63) is 12.2 Å². The van der Waals surface area contributed by atoms with Crippen LogP contribution in [-0.4, -0.2) is 46.9 Å². The molecule has 0 aromatic carbocycles. The van der Waals surface area contributed by atoms with Gasteiger partial charge < -0.3 is 20.3 Å². The molecule has 0 aromatic heterocycles. The summed E-state index contributed by atoms with van der Waals surface area (Å²) in [7, 11) is 0. The monoisotopic (exact) mass is 778 g/mol. The standard InChI is InChI=1S/C49H95NO5/c1-4-7-10-13-16-19-21-23-25-27-30-33-36-39-42-49(54)55-45(40-37-34-31-28-18-15-12-9-6-3)43-48(53)50-46(44-51)47(52)41-38-35-32-29-26-24-22-20-17-14-11-8-5-2/h25,27,45-47,51-52H,4-24,26,28-44H2,1-3H3,(H,50,53)/b27-25-. The lowest BCUT2D eigenvalue weighted by Gasteiger charge is -2.24. The molecule has 6 heteroatoms. The van der Waals surface area contributed by atoms with Crippen LogP contribution >= 0.6 is 0 Å². The first-order chi connectivity index (χ1) is 27.0. The molecule has 0 spiro atoms. The molecular formula is C49H95NO5. The average Bonchev–Trinajstić information content (AvgIpc) is 3.18. The normalized spacial score (nSPS) is 13.3. The minimum Gasteiger partial charge on any atom is -0.462 e. The van der Waals surface area contributed by atoms with Gasteiger partial charge in [-0.25, -0.2) is 0 Å². The summed E-state index contributed by atoms with van der Waals surface area (Å²) in [5.41, 5.74) is 0. The average molecular weight is 778 g/mol. The fourth-order valence-corrected chi connectivity index (χ4v) is 7.60. The van der Waals surface area contributed by atoms with Crippen molar-refractivity contribution >= 4 is 11.9 Å².